The maximum absolute atomic E-state index is 4.49. The van der Waals surface area contributed by atoms with Crippen LogP contribution in [-0.2, 0) is 6.54 Å². The molecular weight excluding hydrogens is 280 g/mol. The molecule has 0 aliphatic heterocycles. The Morgan fingerprint density at radius 2 is 1.52 bits per heavy atom. The lowest BCUT2D eigenvalue weighted by Crippen LogP contribution is -2.20. The topological polar surface area (TPSA) is 24.9 Å². The summed E-state index contributed by atoms with van der Waals surface area (Å²) < 4.78 is 0. The molecule has 114 valence electrons. The van der Waals surface area contributed by atoms with Crippen LogP contribution in [0.25, 0.3) is 6.08 Å². The summed E-state index contributed by atoms with van der Waals surface area (Å²) in [6, 6.07) is 26.8. The summed E-state index contributed by atoms with van der Waals surface area (Å²) in [5.74, 6) is 0. The lowest BCUT2D eigenvalue weighted by Gasteiger charge is -2.15. The first-order valence-corrected chi connectivity index (χ1v) is 7.83. The Kier molecular flexibility index (Phi) is 5.33. The molecule has 2 aromatic carbocycles. The minimum atomic E-state index is 0.0802. The molecule has 2 nitrogen and oxygen atoms in total. The van der Waals surface area contributed by atoms with Crippen LogP contribution in [0.15, 0.2) is 91.1 Å². The highest BCUT2D eigenvalue weighted by molar-refractivity contribution is 5.50. The Hall–Kier alpha value is -2.71. The molecule has 1 atom stereocenters. The summed E-state index contributed by atoms with van der Waals surface area (Å²) in [6.07, 6.45) is 6.14. The summed E-state index contributed by atoms with van der Waals surface area (Å²) in [5, 5.41) is 3.57. The molecule has 0 spiro atoms. The zero-order valence-electron chi connectivity index (χ0n) is 13.0. The monoisotopic (exact) mass is 300 g/mol. The van der Waals surface area contributed by atoms with Crippen molar-refractivity contribution in [3.63, 3.8) is 0 Å². The van der Waals surface area contributed by atoms with E-state index in [0.717, 1.165) is 12.2 Å². The first-order valence-electron chi connectivity index (χ1n) is 7.83. The van der Waals surface area contributed by atoms with Crippen molar-refractivity contribution in [3.05, 3.63) is 108 Å². The van der Waals surface area contributed by atoms with E-state index in [-0.39, 0.29) is 6.04 Å². The number of nitrogens with zero attached hydrogens (tertiary/aromatic N) is 1. The molecular formula is C21H20N2. The van der Waals surface area contributed by atoms with E-state index in [1.807, 2.05) is 42.6 Å². The third-order valence-electron chi connectivity index (χ3n) is 3.66. The quantitative estimate of drug-likeness (QED) is 0.718. The van der Waals surface area contributed by atoms with E-state index in [0.29, 0.717) is 0 Å². The van der Waals surface area contributed by atoms with Gasteiger partial charge in [0.25, 0.3) is 0 Å². The van der Waals surface area contributed by atoms with Crippen LogP contribution in [0.1, 0.15) is 22.9 Å². The third kappa shape index (κ3) is 4.63. The van der Waals surface area contributed by atoms with E-state index in [9.17, 15) is 0 Å². The predicted molar refractivity (Wildman–Crippen MR) is 95.7 cm³/mol. The van der Waals surface area contributed by atoms with Crippen LogP contribution in [0.5, 0.6) is 0 Å². The van der Waals surface area contributed by atoms with Gasteiger partial charge in [0.1, 0.15) is 0 Å². The highest BCUT2D eigenvalue weighted by Gasteiger charge is 2.08. The number of pyridine rings is 1. The maximum atomic E-state index is 4.49. The van der Waals surface area contributed by atoms with Crippen LogP contribution in [-0.4, -0.2) is 4.98 Å². The number of aromatic nitrogens is 1. The molecule has 23 heavy (non-hydrogen) atoms. The Bertz CT molecular complexity index is 722. The van der Waals surface area contributed by atoms with Crippen molar-refractivity contribution in [2.45, 2.75) is 12.6 Å². The van der Waals surface area contributed by atoms with E-state index in [2.05, 4.69) is 64.9 Å². The highest BCUT2D eigenvalue weighted by Crippen LogP contribution is 2.15. The van der Waals surface area contributed by atoms with E-state index >= 15 is 0 Å². The van der Waals surface area contributed by atoms with Gasteiger partial charge < -0.3 is 5.32 Å². The number of hydrogen-bond acceptors (Lipinski definition) is 2. The zero-order valence-corrected chi connectivity index (χ0v) is 13.0. The number of nitrogens with one attached hydrogen (secondary N) is 1. The van der Waals surface area contributed by atoms with Crippen molar-refractivity contribution >= 4 is 6.08 Å². The van der Waals surface area contributed by atoms with Crippen LogP contribution in [0.2, 0.25) is 0 Å². The molecule has 1 aromatic heterocycles. The van der Waals surface area contributed by atoms with Crippen molar-refractivity contribution in [1.29, 1.82) is 0 Å². The first-order chi connectivity index (χ1) is 11.4. The van der Waals surface area contributed by atoms with Gasteiger partial charge in [0.2, 0.25) is 0 Å². The van der Waals surface area contributed by atoms with Gasteiger partial charge in [0.05, 0.1) is 11.7 Å². The van der Waals surface area contributed by atoms with Crippen LogP contribution in [0.3, 0.4) is 0 Å². The fourth-order valence-corrected chi connectivity index (χ4v) is 2.43. The lowest BCUT2D eigenvalue weighted by atomic mass is 10.1. The Morgan fingerprint density at radius 3 is 2.22 bits per heavy atom. The van der Waals surface area contributed by atoms with E-state index < -0.39 is 0 Å². The first kappa shape index (κ1) is 15.2. The molecule has 3 aromatic rings. The van der Waals surface area contributed by atoms with Gasteiger partial charge in [-0.15, -0.1) is 0 Å². The van der Waals surface area contributed by atoms with Crippen molar-refractivity contribution in [2.75, 3.05) is 0 Å². The molecule has 0 saturated heterocycles. The number of hydrogen-bond donors (Lipinski definition) is 1. The van der Waals surface area contributed by atoms with Crippen LogP contribution in [0, 0.1) is 0 Å². The summed E-state index contributed by atoms with van der Waals surface area (Å²) in [4.78, 5) is 4.49. The maximum Gasteiger partial charge on any atom is 0.0687 e. The fraction of sp³-hybridized carbons (Fsp3) is 0.0952. The van der Waals surface area contributed by atoms with E-state index in [4.69, 9.17) is 0 Å². The molecule has 3 rings (SSSR count). The molecule has 0 bridgehead atoms. The van der Waals surface area contributed by atoms with Gasteiger partial charge in [0.15, 0.2) is 0 Å². The zero-order chi connectivity index (χ0) is 15.7. The Morgan fingerprint density at radius 1 is 0.826 bits per heavy atom. The summed E-state index contributed by atoms with van der Waals surface area (Å²) in [6.45, 7) is 0.807. The van der Waals surface area contributed by atoms with E-state index in [1.54, 1.807) is 0 Å². The van der Waals surface area contributed by atoms with Gasteiger partial charge in [-0.05, 0) is 23.3 Å². The average molecular weight is 300 g/mol. The van der Waals surface area contributed by atoms with Gasteiger partial charge in [-0.25, -0.2) is 0 Å². The average Bonchev–Trinajstić information content (AvgIpc) is 2.64. The van der Waals surface area contributed by atoms with Crippen molar-refractivity contribution in [3.8, 4) is 0 Å². The largest absolute Gasteiger partial charge is 0.301 e. The molecule has 0 fully saturated rings. The molecule has 0 amide bonds. The van der Waals surface area contributed by atoms with E-state index in [1.165, 1.54) is 11.1 Å². The second kappa shape index (κ2) is 8.06. The molecule has 0 aliphatic rings. The standard InChI is InChI=1S/C21H20N2/c1-3-9-18(10-4-1)14-15-21(20-13-7-8-16-22-20)23-17-19-11-5-2-6-12-19/h1-16,21,23H,17H2/b15-14+. The second-order valence-corrected chi connectivity index (χ2v) is 5.37. The summed E-state index contributed by atoms with van der Waals surface area (Å²) in [7, 11) is 0. The highest BCUT2D eigenvalue weighted by atomic mass is 14.9. The lowest BCUT2D eigenvalue weighted by molar-refractivity contribution is 0.609. The Balaban J connectivity index is 1.75. The SMILES string of the molecule is C(=C\C(NCc1ccccc1)c1ccccn1)/c1ccccc1. The van der Waals surface area contributed by atoms with Crippen molar-refractivity contribution < 1.29 is 0 Å². The molecule has 2 heteroatoms. The van der Waals surface area contributed by atoms with Gasteiger partial charge >= 0.3 is 0 Å². The number of benzene rings is 2. The molecule has 1 unspecified atom stereocenters. The van der Waals surface area contributed by atoms with Crippen molar-refractivity contribution in [1.82, 2.24) is 10.3 Å². The molecule has 0 aliphatic carbocycles. The minimum absolute atomic E-state index is 0.0802. The second-order valence-electron chi connectivity index (χ2n) is 5.37. The summed E-state index contributed by atoms with van der Waals surface area (Å²) in [5.41, 5.74) is 3.48. The smallest absolute Gasteiger partial charge is 0.0687 e. The minimum Gasteiger partial charge on any atom is -0.301 e. The Labute approximate surface area is 137 Å². The third-order valence-corrected chi connectivity index (χ3v) is 3.66. The molecule has 1 N–H and O–H groups in total. The van der Waals surface area contributed by atoms with Gasteiger partial charge in [-0.3, -0.25) is 4.98 Å². The fourth-order valence-electron chi connectivity index (χ4n) is 2.43. The predicted octanol–water partition coefficient (Wildman–Crippen LogP) is 4.63. The summed E-state index contributed by atoms with van der Waals surface area (Å²) >= 11 is 0. The van der Waals surface area contributed by atoms with Gasteiger partial charge in [-0.2, -0.15) is 0 Å². The number of rotatable bonds is 6. The molecule has 0 radical (unpaired) electrons. The van der Waals surface area contributed by atoms with Crippen molar-refractivity contribution in [2.24, 2.45) is 0 Å². The van der Waals surface area contributed by atoms with Gasteiger partial charge in [-0.1, -0.05) is 78.9 Å². The molecule has 1 heterocycles. The molecule has 0 saturated carbocycles. The van der Waals surface area contributed by atoms with Crippen LogP contribution in [0.4, 0.5) is 0 Å². The van der Waals surface area contributed by atoms with Gasteiger partial charge in [0, 0.05) is 12.7 Å². The van der Waals surface area contributed by atoms with Crippen LogP contribution < -0.4 is 5.32 Å². The van der Waals surface area contributed by atoms with Crippen LogP contribution >= 0.6 is 0 Å². The normalized spacial score (nSPS) is 12.3.